The van der Waals surface area contributed by atoms with E-state index in [1.807, 2.05) is 0 Å². The fourth-order valence-electron chi connectivity index (χ4n) is 2.15. The number of ketones is 1. The summed E-state index contributed by atoms with van der Waals surface area (Å²) in [5.74, 6) is -0.881. The summed E-state index contributed by atoms with van der Waals surface area (Å²) in [5, 5.41) is 2.66. The number of methoxy groups -OCH3 is 2. The van der Waals surface area contributed by atoms with Crippen LogP contribution in [0, 0.1) is 0 Å². The average molecular weight is 353 g/mol. The second-order valence-electron chi connectivity index (χ2n) is 5.34. The van der Waals surface area contributed by atoms with Crippen molar-refractivity contribution in [3.05, 3.63) is 71.8 Å². The van der Waals surface area contributed by atoms with Crippen LogP contribution >= 0.6 is 0 Å². The van der Waals surface area contributed by atoms with Crippen LogP contribution in [0.3, 0.4) is 0 Å². The lowest BCUT2D eigenvalue weighted by atomic mass is 10.1. The third kappa shape index (κ3) is 5.31. The molecule has 0 atom stereocenters. The Morgan fingerprint density at radius 1 is 0.962 bits per heavy atom. The number of nitrogens with one attached hydrogen (secondary N) is 1. The van der Waals surface area contributed by atoms with Gasteiger partial charge in [-0.2, -0.15) is 0 Å². The molecule has 0 fully saturated rings. The van der Waals surface area contributed by atoms with Crippen molar-refractivity contribution in [2.24, 2.45) is 0 Å². The van der Waals surface area contributed by atoms with Crippen molar-refractivity contribution in [1.82, 2.24) is 0 Å². The molecule has 0 heterocycles. The number of allylic oxidation sites excluding steroid dienone is 1. The molecule has 6 heteroatoms. The first-order chi connectivity index (χ1) is 12.5. The highest BCUT2D eigenvalue weighted by Crippen LogP contribution is 2.17. The van der Waals surface area contributed by atoms with Gasteiger partial charge in [-0.3, -0.25) is 14.4 Å². The van der Waals surface area contributed by atoms with Gasteiger partial charge in [0.25, 0.3) is 5.91 Å². The van der Waals surface area contributed by atoms with E-state index >= 15 is 0 Å². The molecule has 0 spiro atoms. The lowest BCUT2D eigenvalue weighted by molar-refractivity contribution is -0.140. The molecule has 2 aromatic carbocycles. The van der Waals surface area contributed by atoms with Gasteiger partial charge in [0.15, 0.2) is 5.78 Å². The predicted molar refractivity (Wildman–Crippen MR) is 97.1 cm³/mol. The lowest BCUT2D eigenvalue weighted by Gasteiger charge is -2.09. The third-order valence-corrected chi connectivity index (χ3v) is 3.57. The number of anilines is 1. The molecule has 0 saturated heterocycles. The van der Waals surface area contributed by atoms with Crippen LogP contribution in [-0.4, -0.2) is 31.9 Å². The molecule has 0 aliphatic rings. The van der Waals surface area contributed by atoms with Crippen molar-refractivity contribution in [3.8, 4) is 5.75 Å². The van der Waals surface area contributed by atoms with E-state index < -0.39 is 11.9 Å². The molecule has 2 aromatic rings. The maximum Gasteiger partial charge on any atom is 0.310 e. The molecular weight excluding hydrogens is 334 g/mol. The molecule has 1 amide bonds. The molecule has 6 nitrogen and oxygen atoms in total. The number of benzene rings is 2. The quantitative estimate of drug-likeness (QED) is 0.470. The number of esters is 1. The molecule has 0 aromatic heterocycles. The van der Waals surface area contributed by atoms with Gasteiger partial charge in [-0.1, -0.05) is 30.3 Å². The summed E-state index contributed by atoms with van der Waals surface area (Å²) in [4.78, 5) is 36.5. The van der Waals surface area contributed by atoms with Gasteiger partial charge in [-0.25, -0.2) is 0 Å². The standard InChI is InChI=1S/C20H19NO5/c1-25-17-10-8-16(9-11-17)21-20(24)15(13-19(23)26-2)12-18(22)14-6-4-3-5-7-14/h3-12H,13H2,1-2H3,(H,21,24)/b15-12-. The summed E-state index contributed by atoms with van der Waals surface area (Å²) < 4.78 is 9.67. The fraction of sp³-hybridized carbons (Fsp3) is 0.150. The minimum atomic E-state index is -0.609. The maximum atomic E-state index is 12.5. The van der Waals surface area contributed by atoms with Crippen LogP contribution in [0.15, 0.2) is 66.2 Å². The summed E-state index contributed by atoms with van der Waals surface area (Å²) in [6, 6.07) is 15.2. The Morgan fingerprint density at radius 2 is 1.62 bits per heavy atom. The topological polar surface area (TPSA) is 81.7 Å². The summed E-state index contributed by atoms with van der Waals surface area (Å²) in [6.07, 6.45) is 0.849. The van der Waals surface area contributed by atoms with Crippen LogP contribution in [0.25, 0.3) is 0 Å². The Balaban J connectivity index is 2.22. The zero-order valence-electron chi connectivity index (χ0n) is 14.5. The molecule has 134 valence electrons. The van der Waals surface area contributed by atoms with Gasteiger partial charge in [-0.15, -0.1) is 0 Å². The van der Waals surface area contributed by atoms with Crippen LogP contribution in [0.2, 0.25) is 0 Å². The Labute approximate surface area is 151 Å². The minimum absolute atomic E-state index is 0.0153. The number of rotatable bonds is 7. The molecular formula is C20H19NO5. The van der Waals surface area contributed by atoms with E-state index in [9.17, 15) is 14.4 Å². The summed E-state index contributed by atoms with van der Waals surface area (Å²) in [5.41, 5.74) is 0.951. The SMILES string of the molecule is COC(=O)C/C(=C/C(=O)c1ccccc1)C(=O)Nc1ccc(OC)cc1. The molecule has 0 radical (unpaired) electrons. The Hall–Kier alpha value is -3.41. The number of carbonyl (C=O) groups excluding carboxylic acids is 3. The summed E-state index contributed by atoms with van der Waals surface area (Å²) in [6.45, 7) is 0. The van der Waals surface area contributed by atoms with Crippen LogP contribution in [0.1, 0.15) is 16.8 Å². The Morgan fingerprint density at radius 3 is 2.19 bits per heavy atom. The first kappa shape index (κ1) is 18.9. The van der Waals surface area contributed by atoms with Gasteiger partial charge in [0.1, 0.15) is 5.75 Å². The third-order valence-electron chi connectivity index (χ3n) is 3.57. The van der Waals surface area contributed by atoms with Gasteiger partial charge in [-0.05, 0) is 30.3 Å². The van der Waals surface area contributed by atoms with Crippen molar-refractivity contribution in [2.75, 3.05) is 19.5 Å². The van der Waals surface area contributed by atoms with Crippen molar-refractivity contribution in [3.63, 3.8) is 0 Å². The van der Waals surface area contributed by atoms with Crippen molar-refractivity contribution in [1.29, 1.82) is 0 Å². The Bertz CT molecular complexity index is 810. The molecule has 0 saturated carbocycles. The van der Waals surface area contributed by atoms with Crippen molar-refractivity contribution >= 4 is 23.3 Å². The fourth-order valence-corrected chi connectivity index (χ4v) is 2.15. The lowest BCUT2D eigenvalue weighted by Crippen LogP contribution is -2.18. The summed E-state index contributed by atoms with van der Waals surface area (Å²) in [7, 11) is 2.76. The van der Waals surface area contributed by atoms with Gasteiger partial charge >= 0.3 is 5.97 Å². The molecule has 0 bridgehead atoms. The van der Waals surface area contributed by atoms with Gasteiger partial charge < -0.3 is 14.8 Å². The van der Waals surface area contributed by atoms with E-state index in [1.54, 1.807) is 61.7 Å². The number of carbonyl (C=O) groups is 3. The number of hydrogen-bond acceptors (Lipinski definition) is 5. The van der Waals surface area contributed by atoms with Crippen molar-refractivity contribution < 1.29 is 23.9 Å². The van der Waals surface area contributed by atoms with E-state index in [4.69, 9.17) is 4.74 Å². The normalized spacial score (nSPS) is 10.8. The van der Waals surface area contributed by atoms with E-state index in [2.05, 4.69) is 10.1 Å². The largest absolute Gasteiger partial charge is 0.497 e. The van der Waals surface area contributed by atoms with Gasteiger partial charge in [0.2, 0.25) is 0 Å². The minimum Gasteiger partial charge on any atom is -0.497 e. The highest BCUT2D eigenvalue weighted by molar-refractivity contribution is 6.13. The maximum absolute atomic E-state index is 12.5. The van der Waals surface area contributed by atoms with Crippen LogP contribution < -0.4 is 10.1 Å². The zero-order valence-corrected chi connectivity index (χ0v) is 14.5. The molecule has 1 N–H and O–H groups in total. The Kier molecular flexibility index (Phi) is 6.68. The van der Waals surface area contributed by atoms with Crippen LogP contribution in [-0.2, 0) is 14.3 Å². The van der Waals surface area contributed by atoms with E-state index in [-0.39, 0.29) is 17.8 Å². The first-order valence-corrected chi connectivity index (χ1v) is 7.85. The van der Waals surface area contributed by atoms with E-state index in [0.29, 0.717) is 17.0 Å². The van der Waals surface area contributed by atoms with E-state index in [0.717, 1.165) is 6.08 Å². The highest BCUT2D eigenvalue weighted by atomic mass is 16.5. The second kappa shape index (κ2) is 9.17. The first-order valence-electron chi connectivity index (χ1n) is 7.85. The average Bonchev–Trinajstić information content (AvgIpc) is 2.68. The molecule has 26 heavy (non-hydrogen) atoms. The molecule has 0 aliphatic carbocycles. The number of ether oxygens (including phenoxy) is 2. The van der Waals surface area contributed by atoms with Gasteiger partial charge in [0.05, 0.1) is 20.6 Å². The van der Waals surface area contributed by atoms with E-state index in [1.165, 1.54) is 7.11 Å². The number of hydrogen-bond donors (Lipinski definition) is 1. The molecule has 2 rings (SSSR count). The summed E-state index contributed by atoms with van der Waals surface area (Å²) >= 11 is 0. The van der Waals surface area contributed by atoms with Crippen molar-refractivity contribution in [2.45, 2.75) is 6.42 Å². The second-order valence-corrected chi connectivity index (χ2v) is 5.34. The predicted octanol–water partition coefficient (Wildman–Crippen LogP) is 3.01. The van der Waals surface area contributed by atoms with Crippen LogP contribution in [0.4, 0.5) is 5.69 Å². The van der Waals surface area contributed by atoms with Crippen LogP contribution in [0.5, 0.6) is 5.75 Å². The smallest absolute Gasteiger partial charge is 0.310 e. The molecule has 0 aliphatic heterocycles. The highest BCUT2D eigenvalue weighted by Gasteiger charge is 2.17. The monoisotopic (exact) mass is 353 g/mol. The molecule has 0 unspecified atom stereocenters. The zero-order chi connectivity index (χ0) is 18.9. The number of amides is 1. The van der Waals surface area contributed by atoms with Gasteiger partial charge in [0, 0.05) is 16.8 Å².